The number of aliphatic hydroxyl groups excluding tert-OH is 1. The Bertz CT molecular complexity index is 420. The average molecular weight is 274 g/mol. The smallest absolute Gasteiger partial charge is 0.0843 e. The van der Waals surface area contributed by atoms with Gasteiger partial charge in [0.15, 0.2) is 0 Å². The molecule has 2 nitrogen and oxygen atoms in total. The van der Waals surface area contributed by atoms with Crippen molar-refractivity contribution in [2.24, 2.45) is 5.92 Å². The van der Waals surface area contributed by atoms with Crippen LogP contribution in [0.2, 0.25) is 0 Å². The summed E-state index contributed by atoms with van der Waals surface area (Å²) in [4.78, 5) is 0. The molecular weight excluding hydrogens is 248 g/mol. The number of rotatable bonds is 3. The van der Waals surface area contributed by atoms with E-state index in [2.05, 4.69) is 31.2 Å². The Morgan fingerprint density at radius 3 is 2.35 bits per heavy atom. The minimum atomic E-state index is -0.382. The SMILES string of the molecule is CC1OCCC1C(O)c1ccc(C2CCCCC2)cc1. The van der Waals surface area contributed by atoms with Crippen LogP contribution < -0.4 is 0 Å². The van der Waals surface area contributed by atoms with Gasteiger partial charge in [0, 0.05) is 12.5 Å². The Balaban J connectivity index is 1.68. The maximum absolute atomic E-state index is 10.5. The van der Waals surface area contributed by atoms with Crippen LogP contribution in [0.15, 0.2) is 24.3 Å². The summed E-state index contributed by atoms with van der Waals surface area (Å²) in [6.07, 6.45) is 7.54. The van der Waals surface area contributed by atoms with Gasteiger partial charge in [-0.2, -0.15) is 0 Å². The predicted octanol–water partition coefficient (Wildman–Crippen LogP) is 4.19. The van der Waals surface area contributed by atoms with E-state index in [1.807, 2.05) is 0 Å². The van der Waals surface area contributed by atoms with Gasteiger partial charge in [0.1, 0.15) is 0 Å². The third-order valence-corrected chi connectivity index (χ3v) is 5.19. The van der Waals surface area contributed by atoms with Gasteiger partial charge in [-0.05, 0) is 43.2 Å². The molecule has 1 heterocycles. The zero-order valence-corrected chi connectivity index (χ0v) is 12.4. The molecule has 1 aliphatic carbocycles. The van der Waals surface area contributed by atoms with Gasteiger partial charge in [-0.25, -0.2) is 0 Å². The number of ether oxygens (including phenoxy) is 1. The fraction of sp³-hybridized carbons (Fsp3) is 0.667. The lowest BCUT2D eigenvalue weighted by Gasteiger charge is -2.24. The predicted molar refractivity (Wildman–Crippen MR) is 80.7 cm³/mol. The molecule has 3 unspecified atom stereocenters. The third kappa shape index (κ3) is 2.91. The van der Waals surface area contributed by atoms with E-state index < -0.39 is 0 Å². The second kappa shape index (κ2) is 6.28. The standard InChI is InChI=1S/C18H26O2/c1-13-17(11-12-20-13)18(19)16-9-7-15(8-10-16)14-5-3-2-4-6-14/h7-10,13-14,17-19H,2-6,11-12H2,1H3. The Kier molecular flexibility index (Phi) is 4.42. The van der Waals surface area contributed by atoms with Crippen molar-refractivity contribution < 1.29 is 9.84 Å². The number of benzene rings is 1. The van der Waals surface area contributed by atoms with Crippen molar-refractivity contribution in [3.05, 3.63) is 35.4 Å². The first-order valence-electron chi connectivity index (χ1n) is 8.15. The highest BCUT2D eigenvalue weighted by atomic mass is 16.5. The lowest BCUT2D eigenvalue weighted by atomic mass is 9.83. The van der Waals surface area contributed by atoms with E-state index in [-0.39, 0.29) is 18.1 Å². The van der Waals surface area contributed by atoms with Crippen LogP contribution in [-0.2, 0) is 4.74 Å². The van der Waals surface area contributed by atoms with Crippen LogP contribution in [0.3, 0.4) is 0 Å². The van der Waals surface area contributed by atoms with Crippen molar-refractivity contribution in [2.75, 3.05) is 6.61 Å². The van der Waals surface area contributed by atoms with E-state index >= 15 is 0 Å². The molecule has 2 heteroatoms. The van der Waals surface area contributed by atoms with Gasteiger partial charge in [0.25, 0.3) is 0 Å². The van der Waals surface area contributed by atoms with Crippen LogP contribution >= 0.6 is 0 Å². The monoisotopic (exact) mass is 274 g/mol. The average Bonchev–Trinajstić information content (AvgIpc) is 2.94. The van der Waals surface area contributed by atoms with E-state index in [1.165, 1.54) is 37.7 Å². The molecule has 0 amide bonds. The first-order chi connectivity index (χ1) is 9.75. The Labute approximate surface area is 122 Å². The van der Waals surface area contributed by atoms with Gasteiger partial charge in [-0.15, -0.1) is 0 Å². The summed E-state index contributed by atoms with van der Waals surface area (Å²) in [5.41, 5.74) is 2.50. The van der Waals surface area contributed by atoms with Crippen LogP contribution in [0.4, 0.5) is 0 Å². The highest BCUT2D eigenvalue weighted by Crippen LogP contribution is 2.36. The Morgan fingerprint density at radius 1 is 1.05 bits per heavy atom. The molecule has 0 bridgehead atoms. The fourth-order valence-corrected chi connectivity index (χ4v) is 3.81. The maximum atomic E-state index is 10.5. The summed E-state index contributed by atoms with van der Waals surface area (Å²) < 4.78 is 5.57. The minimum absolute atomic E-state index is 0.169. The topological polar surface area (TPSA) is 29.5 Å². The molecule has 0 aromatic heterocycles. The molecule has 2 fully saturated rings. The van der Waals surface area contributed by atoms with E-state index in [0.29, 0.717) is 0 Å². The number of hydrogen-bond acceptors (Lipinski definition) is 2. The van der Waals surface area contributed by atoms with Crippen LogP contribution in [0.25, 0.3) is 0 Å². The summed E-state index contributed by atoms with van der Waals surface area (Å²) in [5.74, 6) is 0.985. The fourth-order valence-electron chi connectivity index (χ4n) is 3.81. The van der Waals surface area contributed by atoms with Crippen LogP contribution in [0.5, 0.6) is 0 Å². The molecule has 1 aromatic carbocycles. The second-order valence-electron chi connectivity index (χ2n) is 6.47. The molecule has 1 saturated heterocycles. The van der Waals surface area contributed by atoms with Gasteiger partial charge in [0.2, 0.25) is 0 Å². The quantitative estimate of drug-likeness (QED) is 0.895. The van der Waals surface area contributed by atoms with Crippen molar-refractivity contribution >= 4 is 0 Å². The molecule has 1 aromatic rings. The van der Waals surface area contributed by atoms with E-state index in [9.17, 15) is 5.11 Å². The highest BCUT2D eigenvalue weighted by molar-refractivity contribution is 5.27. The summed E-state index contributed by atoms with van der Waals surface area (Å²) >= 11 is 0. The summed E-state index contributed by atoms with van der Waals surface area (Å²) in [6.45, 7) is 2.85. The van der Waals surface area contributed by atoms with Crippen LogP contribution in [0, 0.1) is 5.92 Å². The lowest BCUT2D eigenvalue weighted by Crippen LogP contribution is -2.19. The molecule has 3 atom stereocenters. The number of aliphatic hydroxyl groups is 1. The largest absolute Gasteiger partial charge is 0.388 e. The summed E-state index contributed by atoms with van der Waals surface area (Å²) in [5, 5.41) is 10.5. The number of hydrogen-bond donors (Lipinski definition) is 1. The van der Waals surface area contributed by atoms with Gasteiger partial charge < -0.3 is 9.84 Å². The molecule has 0 radical (unpaired) electrons. The summed E-state index contributed by atoms with van der Waals surface area (Å²) in [6, 6.07) is 8.71. The maximum Gasteiger partial charge on any atom is 0.0843 e. The second-order valence-corrected chi connectivity index (χ2v) is 6.47. The molecular formula is C18H26O2. The molecule has 0 spiro atoms. The van der Waals surface area contributed by atoms with Gasteiger partial charge >= 0.3 is 0 Å². The van der Waals surface area contributed by atoms with Crippen LogP contribution in [0.1, 0.15) is 68.6 Å². The molecule has 110 valence electrons. The van der Waals surface area contributed by atoms with Crippen molar-refractivity contribution in [1.82, 2.24) is 0 Å². The van der Waals surface area contributed by atoms with Crippen molar-refractivity contribution in [1.29, 1.82) is 0 Å². The first kappa shape index (κ1) is 14.1. The zero-order valence-electron chi connectivity index (χ0n) is 12.4. The Hall–Kier alpha value is -0.860. The normalized spacial score (nSPS) is 29.5. The van der Waals surface area contributed by atoms with E-state index in [4.69, 9.17) is 4.74 Å². The highest BCUT2D eigenvalue weighted by Gasteiger charge is 2.31. The third-order valence-electron chi connectivity index (χ3n) is 5.19. The van der Waals surface area contributed by atoms with Crippen molar-refractivity contribution in [3.8, 4) is 0 Å². The molecule has 2 aliphatic rings. The lowest BCUT2D eigenvalue weighted by molar-refractivity contribution is 0.0431. The molecule has 1 N–H and O–H groups in total. The first-order valence-corrected chi connectivity index (χ1v) is 8.15. The molecule has 20 heavy (non-hydrogen) atoms. The van der Waals surface area contributed by atoms with Gasteiger partial charge in [-0.1, -0.05) is 43.5 Å². The van der Waals surface area contributed by atoms with Gasteiger partial charge in [-0.3, -0.25) is 0 Å². The molecule has 1 saturated carbocycles. The molecule has 3 rings (SSSR count). The van der Waals surface area contributed by atoms with Crippen LogP contribution in [-0.4, -0.2) is 17.8 Å². The zero-order chi connectivity index (χ0) is 13.9. The van der Waals surface area contributed by atoms with E-state index in [0.717, 1.165) is 24.5 Å². The van der Waals surface area contributed by atoms with E-state index in [1.54, 1.807) is 0 Å². The Morgan fingerprint density at radius 2 is 1.75 bits per heavy atom. The van der Waals surface area contributed by atoms with Crippen molar-refractivity contribution in [3.63, 3.8) is 0 Å². The van der Waals surface area contributed by atoms with Gasteiger partial charge in [0.05, 0.1) is 12.2 Å². The minimum Gasteiger partial charge on any atom is -0.388 e. The molecule has 1 aliphatic heterocycles. The van der Waals surface area contributed by atoms with Crippen molar-refractivity contribution in [2.45, 2.75) is 63.6 Å². The summed E-state index contributed by atoms with van der Waals surface area (Å²) in [7, 11) is 0.